The Morgan fingerprint density at radius 2 is 1.08 bits per heavy atom. The van der Waals surface area contributed by atoms with E-state index in [1.54, 1.807) is 11.3 Å². The molecule has 59 heavy (non-hydrogen) atoms. The fourth-order valence-electron chi connectivity index (χ4n) is 9.94. The molecule has 0 radical (unpaired) electrons. The Morgan fingerprint density at radius 1 is 0.424 bits per heavy atom. The summed E-state index contributed by atoms with van der Waals surface area (Å²) in [6, 6.07) is 70.2. The zero-order valence-electron chi connectivity index (χ0n) is 31.7. The van der Waals surface area contributed by atoms with E-state index < -0.39 is 5.41 Å². The van der Waals surface area contributed by atoms with Gasteiger partial charge in [-0.25, -0.2) is 9.97 Å². The van der Waals surface area contributed by atoms with Crippen LogP contribution in [-0.2, 0) is 5.41 Å². The summed E-state index contributed by atoms with van der Waals surface area (Å²) in [5, 5.41) is 6.03. The van der Waals surface area contributed by atoms with Crippen LogP contribution in [0.25, 0.3) is 86.7 Å². The number of nitrogens with zero attached hydrogens (tertiary/aromatic N) is 2. The minimum Gasteiger partial charge on any atom is -0.457 e. The van der Waals surface area contributed by atoms with Gasteiger partial charge in [0.2, 0.25) is 0 Å². The SMILES string of the molecule is c1cc(-c2ccc3c(c2)C2(c4ccccc4Oc4ccccc42)c2ccc4ccccc4c2-3)cc(-c2nc(-c3ccc4ccccc4c3)nc3c2sc2ccccc23)c1. The average molecular weight is 769 g/mol. The van der Waals surface area contributed by atoms with Crippen LogP contribution in [0.2, 0.25) is 0 Å². The predicted molar refractivity (Wildman–Crippen MR) is 244 cm³/mol. The summed E-state index contributed by atoms with van der Waals surface area (Å²) < 4.78 is 8.97. The number of fused-ring (bicyclic) bond motifs is 15. The third-order valence-corrected chi connectivity index (χ3v) is 13.7. The van der Waals surface area contributed by atoms with E-state index in [9.17, 15) is 0 Å². The van der Waals surface area contributed by atoms with Crippen LogP contribution in [0.4, 0.5) is 0 Å². The Kier molecular flexibility index (Phi) is 6.81. The first-order valence-electron chi connectivity index (χ1n) is 20.1. The molecule has 0 bridgehead atoms. The van der Waals surface area contributed by atoms with Crippen LogP contribution in [0.3, 0.4) is 0 Å². The molecule has 0 fully saturated rings. The highest BCUT2D eigenvalue weighted by Gasteiger charge is 2.51. The molecule has 11 aromatic rings. The molecular weight excluding hydrogens is 737 g/mol. The van der Waals surface area contributed by atoms with Crippen molar-refractivity contribution in [2.45, 2.75) is 5.41 Å². The van der Waals surface area contributed by atoms with Crippen molar-refractivity contribution < 1.29 is 4.74 Å². The maximum Gasteiger partial charge on any atom is 0.160 e. The lowest BCUT2D eigenvalue weighted by Gasteiger charge is -2.39. The quantitative estimate of drug-likeness (QED) is 0.180. The van der Waals surface area contributed by atoms with E-state index in [0.29, 0.717) is 0 Å². The fraction of sp³-hybridized carbons (Fsp3) is 0.0182. The van der Waals surface area contributed by atoms with E-state index in [2.05, 4.69) is 194 Å². The highest BCUT2D eigenvalue weighted by molar-refractivity contribution is 7.26. The number of para-hydroxylation sites is 2. The second-order valence-electron chi connectivity index (χ2n) is 15.6. The number of thiophene rings is 1. The van der Waals surface area contributed by atoms with Crippen LogP contribution < -0.4 is 4.74 Å². The topological polar surface area (TPSA) is 35.0 Å². The van der Waals surface area contributed by atoms with Crippen molar-refractivity contribution in [1.82, 2.24) is 9.97 Å². The van der Waals surface area contributed by atoms with Gasteiger partial charge >= 0.3 is 0 Å². The standard InChI is InChI=1S/C55H32N2OS/c1-2-14-35-31-39(25-24-33(35)12-1)54-56-51(53-52(57-54)42-18-5-10-23-49(42)59-53)38-16-11-15-36(30-38)37-26-28-41-46(32-37)55(45-29-27-34-13-3-4-17-40(34)50(41)45)43-19-6-8-21-47(43)58-48-22-9-7-20-44(48)55/h1-32H. The number of ether oxygens (including phenoxy) is 1. The number of aromatic nitrogens is 2. The first-order chi connectivity index (χ1) is 29.2. The molecule has 274 valence electrons. The van der Waals surface area contributed by atoms with Gasteiger partial charge in [0.25, 0.3) is 0 Å². The van der Waals surface area contributed by atoms with Gasteiger partial charge in [0.05, 0.1) is 21.3 Å². The van der Waals surface area contributed by atoms with Crippen LogP contribution in [0, 0.1) is 0 Å². The fourth-order valence-corrected chi connectivity index (χ4v) is 11.1. The lowest BCUT2D eigenvalue weighted by molar-refractivity contribution is 0.436. The number of hydrogen-bond acceptors (Lipinski definition) is 4. The van der Waals surface area contributed by atoms with Crippen molar-refractivity contribution in [3.8, 4) is 56.4 Å². The lowest BCUT2D eigenvalue weighted by Crippen LogP contribution is -2.32. The van der Waals surface area contributed by atoms with Gasteiger partial charge < -0.3 is 4.74 Å². The van der Waals surface area contributed by atoms with Crippen molar-refractivity contribution in [2.75, 3.05) is 0 Å². The average Bonchev–Trinajstić information content (AvgIpc) is 3.82. The maximum absolute atomic E-state index is 6.67. The van der Waals surface area contributed by atoms with Gasteiger partial charge in [-0.3, -0.25) is 0 Å². The molecule has 3 nitrogen and oxygen atoms in total. The summed E-state index contributed by atoms with van der Waals surface area (Å²) in [6.07, 6.45) is 0. The minimum absolute atomic E-state index is 0.571. The molecule has 9 aromatic carbocycles. The van der Waals surface area contributed by atoms with E-state index in [0.717, 1.165) is 72.0 Å². The molecule has 0 N–H and O–H groups in total. The molecule has 1 aliphatic carbocycles. The summed E-state index contributed by atoms with van der Waals surface area (Å²) in [4.78, 5) is 10.7. The molecule has 4 heteroatoms. The van der Waals surface area contributed by atoms with Crippen LogP contribution in [-0.4, -0.2) is 9.97 Å². The Labute approximate surface area is 344 Å². The zero-order chi connectivity index (χ0) is 38.7. The van der Waals surface area contributed by atoms with E-state index in [4.69, 9.17) is 14.7 Å². The summed E-state index contributed by atoms with van der Waals surface area (Å²) >= 11 is 1.77. The van der Waals surface area contributed by atoms with Crippen LogP contribution in [0.5, 0.6) is 11.5 Å². The molecule has 0 amide bonds. The first kappa shape index (κ1) is 32.7. The lowest BCUT2D eigenvalue weighted by atomic mass is 9.66. The highest BCUT2D eigenvalue weighted by atomic mass is 32.1. The van der Waals surface area contributed by atoms with Gasteiger partial charge in [0.15, 0.2) is 5.82 Å². The van der Waals surface area contributed by atoms with E-state index in [1.807, 2.05) is 0 Å². The molecule has 0 atom stereocenters. The van der Waals surface area contributed by atoms with Gasteiger partial charge in [-0.1, -0.05) is 158 Å². The first-order valence-corrected chi connectivity index (χ1v) is 20.9. The molecule has 0 saturated heterocycles. The van der Waals surface area contributed by atoms with Crippen LogP contribution in [0.1, 0.15) is 22.3 Å². The molecule has 2 aromatic heterocycles. The van der Waals surface area contributed by atoms with Crippen molar-refractivity contribution >= 4 is 53.2 Å². The molecule has 0 saturated carbocycles. The van der Waals surface area contributed by atoms with Crippen molar-refractivity contribution in [2.24, 2.45) is 0 Å². The van der Waals surface area contributed by atoms with Gasteiger partial charge in [-0.15, -0.1) is 11.3 Å². The molecular formula is C55H32N2OS. The van der Waals surface area contributed by atoms with Crippen LogP contribution >= 0.6 is 11.3 Å². The Balaban J connectivity index is 1.04. The van der Waals surface area contributed by atoms with E-state index in [-0.39, 0.29) is 0 Å². The van der Waals surface area contributed by atoms with Crippen LogP contribution in [0.15, 0.2) is 194 Å². The number of rotatable bonds is 3. The summed E-state index contributed by atoms with van der Waals surface area (Å²) in [5.74, 6) is 2.52. The van der Waals surface area contributed by atoms with Gasteiger partial charge in [-0.2, -0.15) is 0 Å². The molecule has 2 aliphatic rings. The normalized spacial score (nSPS) is 13.4. The van der Waals surface area contributed by atoms with Crippen molar-refractivity contribution in [3.63, 3.8) is 0 Å². The minimum atomic E-state index is -0.571. The van der Waals surface area contributed by atoms with Crippen molar-refractivity contribution in [3.05, 3.63) is 216 Å². The highest BCUT2D eigenvalue weighted by Crippen LogP contribution is 2.63. The van der Waals surface area contributed by atoms with Gasteiger partial charge in [-0.05, 0) is 91.3 Å². The van der Waals surface area contributed by atoms with E-state index >= 15 is 0 Å². The third kappa shape index (κ3) is 4.63. The predicted octanol–water partition coefficient (Wildman–Crippen LogP) is 14.6. The van der Waals surface area contributed by atoms with Gasteiger partial charge in [0, 0.05) is 32.3 Å². The zero-order valence-corrected chi connectivity index (χ0v) is 32.5. The maximum atomic E-state index is 6.67. The smallest absolute Gasteiger partial charge is 0.160 e. The summed E-state index contributed by atoms with van der Waals surface area (Å²) in [6.45, 7) is 0. The number of benzene rings is 9. The third-order valence-electron chi connectivity index (χ3n) is 12.5. The summed E-state index contributed by atoms with van der Waals surface area (Å²) in [5.41, 5.74) is 13.1. The molecule has 0 unspecified atom stereocenters. The molecule has 1 spiro atoms. The Morgan fingerprint density at radius 3 is 1.93 bits per heavy atom. The second kappa shape index (κ2) is 12.3. The second-order valence-corrected chi connectivity index (χ2v) is 16.7. The number of hydrogen-bond donors (Lipinski definition) is 0. The monoisotopic (exact) mass is 768 g/mol. The van der Waals surface area contributed by atoms with Crippen molar-refractivity contribution in [1.29, 1.82) is 0 Å². The molecule has 3 heterocycles. The van der Waals surface area contributed by atoms with Gasteiger partial charge in [0.1, 0.15) is 11.5 Å². The Hall–Kier alpha value is -7.40. The molecule has 13 rings (SSSR count). The Bertz CT molecular complexity index is 3520. The van der Waals surface area contributed by atoms with E-state index in [1.165, 1.54) is 48.5 Å². The summed E-state index contributed by atoms with van der Waals surface area (Å²) in [7, 11) is 0. The largest absolute Gasteiger partial charge is 0.457 e. The molecule has 1 aliphatic heterocycles.